The van der Waals surface area contributed by atoms with Gasteiger partial charge in [-0.15, -0.1) is 0 Å². The van der Waals surface area contributed by atoms with E-state index in [4.69, 9.17) is 4.74 Å². The summed E-state index contributed by atoms with van der Waals surface area (Å²) in [5, 5.41) is 22.5. The molecule has 0 atom stereocenters. The topological polar surface area (TPSA) is 143 Å². The minimum Gasteiger partial charge on any atom is -0.490 e. The van der Waals surface area contributed by atoms with Gasteiger partial charge in [0, 0.05) is 22.3 Å². The molecule has 13 heteroatoms. The lowest BCUT2D eigenvalue weighted by Crippen LogP contribution is -2.23. The van der Waals surface area contributed by atoms with Crippen molar-refractivity contribution in [3.05, 3.63) is 69.5 Å². The first-order valence-electron chi connectivity index (χ1n) is 7.79. The molecule has 146 valence electrons. The summed E-state index contributed by atoms with van der Waals surface area (Å²) in [6, 6.07) is 3.64. The van der Waals surface area contributed by atoms with Gasteiger partial charge >= 0.3 is 5.69 Å². The summed E-state index contributed by atoms with van der Waals surface area (Å²) in [5.74, 6) is -0.182. The lowest BCUT2D eigenvalue weighted by atomic mass is 10.1. The molecule has 3 aromatic heterocycles. The van der Waals surface area contributed by atoms with Crippen LogP contribution in [-0.2, 0) is 0 Å². The number of nitro groups is 2. The van der Waals surface area contributed by atoms with Gasteiger partial charge in [-0.25, -0.2) is 14.4 Å². The molecule has 0 N–H and O–H groups in total. The van der Waals surface area contributed by atoms with Gasteiger partial charge in [-0.2, -0.15) is 0 Å². The maximum Gasteiger partial charge on any atom is 0.318 e. The summed E-state index contributed by atoms with van der Waals surface area (Å²) < 4.78 is 7.29. The molecule has 0 fully saturated rings. The van der Waals surface area contributed by atoms with Crippen LogP contribution in [-0.4, -0.2) is 31.3 Å². The van der Waals surface area contributed by atoms with Crippen LogP contribution in [0, 0.1) is 20.2 Å². The maximum absolute atomic E-state index is 12.9. The Bertz CT molecular complexity index is 1450. The van der Waals surface area contributed by atoms with Gasteiger partial charge in [-0.3, -0.25) is 25.0 Å². The van der Waals surface area contributed by atoms with Crippen LogP contribution in [0.25, 0.3) is 22.2 Å². The lowest BCUT2D eigenvalue weighted by Gasteiger charge is -2.05. The van der Waals surface area contributed by atoms with Crippen LogP contribution in [0.15, 0.2) is 33.7 Å². The van der Waals surface area contributed by atoms with Crippen LogP contribution in [0.2, 0.25) is 0 Å². The van der Waals surface area contributed by atoms with Crippen LogP contribution in [0.1, 0.15) is 5.56 Å². The second kappa shape index (κ2) is 6.86. The third-order valence-electron chi connectivity index (χ3n) is 4.03. The monoisotopic (exact) mass is 477 g/mol. The Morgan fingerprint density at radius 3 is 2.66 bits per heavy atom. The highest BCUT2D eigenvalue weighted by atomic mass is 79.9. The SMILES string of the molecule is COc1c(/C=c2\sc3nc4cc(Br)cnc4n3c2=O)cc([N+](=O)[O-])cc1[N+](=O)[O-]. The summed E-state index contributed by atoms with van der Waals surface area (Å²) >= 11 is 4.32. The van der Waals surface area contributed by atoms with Crippen molar-refractivity contribution in [1.82, 2.24) is 14.4 Å². The van der Waals surface area contributed by atoms with E-state index < -0.39 is 26.8 Å². The minimum atomic E-state index is -0.780. The molecule has 0 amide bonds. The number of thiazole rings is 1. The van der Waals surface area contributed by atoms with Gasteiger partial charge in [0.15, 0.2) is 10.6 Å². The zero-order valence-corrected chi connectivity index (χ0v) is 16.8. The maximum atomic E-state index is 12.9. The first kappa shape index (κ1) is 18.9. The molecule has 4 aromatic rings. The van der Waals surface area contributed by atoms with Gasteiger partial charge in [0.2, 0.25) is 5.75 Å². The van der Waals surface area contributed by atoms with Gasteiger partial charge in [-0.05, 0) is 28.1 Å². The van der Waals surface area contributed by atoms with Crippen molar-refractivity contribution >= 4 is 60.8 Å². The number of hydrogen-bond donors (Lipinski definition) is 0. The Morgan fingerprint density at radius 1 is 1.24 bits per heavy atom. The number of fused-ring (bicyclic) bond motifs is 3. The van der Waals surface area contributed by atoms with Gasteiger partial charge in [-0.1, -0.05) is 11.3 Å². The van der Waals surface area contributed by atoms with Crippen molar-refractivity contribution < 1.29 is 14.6 Å². The van der Waals surface area contributed by atoms with Crippen molar-refractivity contribution in [3.63, 3.8) is 0 Å². The number of hydrogen-bond acceptors (Lipinski definition) is 9. The van der Waals surface area contributed by atoms with Gasteiger partial charge < -0.3 is 4.74 Å². The second-order valence-corrected chi connectivity index (χ2v) is 7.67. The van der Waals surface area contributed by atoms with E-state index in [1.165, 1.54) is 23.8 Å². The van der Waals surface area contributed by atoms with Crippen LogP contribution in [0.4, 0.5) is 11.4 Å². The normalized spacial score (nSPS) is 12.0. The van der Waals surface area contributed by atoms with E-state index in [-0.39, 0.29) is 15.8 Å². The van der Waals surface area contributed by atoms with Crippen LogP contribution in [0.5, 0.6) is 5.75 Å². The highest BCUT2D eigenvalue weighted by Crippen LogP contribution is 2.35. The number of methoxy groups -OCH3 is 1. The standard InChI is InChI=1S/C16H8BrN5O6S/c1-28-13-7(2-9(21(24)25)5-11(13)22(26)27)3-12-15(23)20-14-10(19-16(20)29-12)4-8(17)6-18-14/h2-6H,1H3/b12-3-. The number of imidazole rings is 1. The first-order valence-corrected chi connectivity index (χ1v) is 9.40. The fraction of sp³-hybridized carbons (Fsp3) is 0.0625. The van der Waals surface area contributed by atoms with E-state index in [1.807, 2.05) is 0 Å². The molecule has 4 rings (SSSR count). The molecule has 11 nitrogen and oxygen atoms in total. The fourth-order valence-corrected chi connectivity index (χ4v) is 4.13. The average Bonchev–Trinajstić information content (AvgIpc) is 3.16. The van der Waals surface area contributed by atoms with E-state index in [2.05, 4.69) is 25.9 Å². The van der Waals surface area contributed by atoms with Gasteiger partial charge in [0.25, 0.3) is 11.2 Å². The van der Waals surface area contributed by atoms with Crippen LogP contribution < -0.4 is 14.8 Å². The molecule has 0 unspecified atom stereocenters. The summed E-state index contributed by atoms with van der Waals surface area (Å²) in [5.41, 5.74) is -0.583. The molecule has 29 heavy (non-hydrogen) atoms. The van der Waals surface area contributed by atoms with E-state index in [0.29, 0.717) is 20.6 Å². The Hall–Kier alpha value is -3.45. The van der Waals surface area contributed by atoms with E-state index in [0.717, 1.165) is 23.5 Å². The number of halogens is 1. The third kappa shape index (κ3) is 3.09. The van der Waals surface area contributed by atoms with Crippen LogP contribution in [0.3, 0.4) is 0 Å². The number of rotatable bonds is 4. The molecule has 0 saturated carbocycles. The summed E-state index contributed by atoms with van der Waals surface area (Å²) in [6.07, 6.45) is 2.84. The molecule has 1 aromatic carbocycles. The number of benzene rings is 1. The number of ether oxygens (including phenoxy) is 1. The van der Waals surface area contributed by atoms with Gasteiger partial charge in [0.05, 0.1) is 27.6 Å². The number of pyridine rings is 1. The number of nitrogens with zero attached hydrogens (tertiary/aromatic N) is 5. The first-order chi connectivity index (χ1) is 13.8. The summed E-state index contributed by atoms with van der Waals surface area (Å²) in [6.45, 7) is 0. The third-order valence-corrected chi connectivity index (χ3v) is 5.43. The Labute approximate surface area is 172 Å². The lowest BCUT2D eigenvalue weighted by molar-refractivity contribution is -0.394. The van der Waals surface area contributed by atoms with Crippen LogP contribution >= 0.6 is 27.3 Å². The van der Waals surface area contributed by atoms with Crippen molar-refractivity contribution in [2.45, 2.75) is 0 Å². The Kier molecular flexibility index (Phi) is 4.47. The molecular weight excluding hydrogens is 470 g/mol. The summed E-state index contributed by atoms with van der Waals surface area (Å²) in [7, 11) is 1.21. The Morgan fingerprint density at radius 2 is 2.00 bits per heavy atom. The van der Waals surface area contributed by atoms with E-state index in [9.17, 15) is 25.0 Å². The van der Waals surface area contributed by atoms with Crippen molar-refractivity contribution in [1.29, 1.82) is 0 Å². The Balaban J connectivity index is 2.02. The predicted molar refractivity (Wildman–Crippen MR) is 107 cm³/mol. The fourth-order valence-electron chi connectivity index (χ4n) is 2.85. The quantitative estimate of drug-likeness (QED) is 0.322. The second-order valence-electron chi connectivity index (χ2n) is 5.74. The highest BCUT2D eigenvalue weighted by Gasteiger charge is 2.24. The molecule has 0 radical (unpaired) electrons. The largest absolute Gasteiger partial charge is 0.490 e. The molecule has 0 spiro atoms. The number of aromatic nitrogens is 3. The molecule has 0 aliphatic carbocycles. The van der Waals surface area contributed by atoms with Crippen molar-refractivity contribution in [2.75, 3.05) is 7.11 Å². The zero-order valence-electron chi connectivity index (χ0n) is 14.4. The molecule has 3 heterocycles. The van der Waals surface area contributed by atoms with Crippen molar-refractivity contribution in [3.8, 4) is 5.75 Å². The average molecular weight is 478 g/mol. The minimum absolute atomic E-state index is 0.0370. The molecular formula is C16H8BrN5O6S. The van der Waals surface area contributed by atoms with E-state index in [1.54, 1.807) is 6.07 Å². The zero-order chi connectivity index (χ0) is 20.9. The number of nitro benzene ring substituents is 2. The van der Waals surface area contributed by atoms with Crippen molar-refractivity contribution in [2.24, 2.45) is 0 Å². The smallest absolute Gasteiger partial charge is 0.318 e. The molecule has 0 aliphatic heterocycles. The molecule has 0 saturated heterocycles. The molecule has 0 bridgehead atoms. The van der Waals surface area contributed by atoms with Gasteiger partial charge in [0.1, 0.15) is 5.52 Å². The predicted octanol–water partition coefficient (Wildman–Crippen LogP) is 2.44. The molecule has 0 aliphatic rings. The highest BCUT2D eigenvalue weighted by molar-refractivity contribution is 9.10. The summed E-state index contributed by atoms with van der Waals surface area (Å²) in [4.78, 5) is 42.7. The number of non-ortho nitro benzene ring substituents is 1. The van der Waals surface area contributed by atoms with E-state index >= 15 is 0 Å².